The van der Waals surface area contributed by atoms with Crippen molar-refractivity contribution < 1.29 is 9.53 Å². The molecule has 3 unspecified atom stereocenters. The van der Waals surface area contributed by atoms with Crippen molar-refractivity contribution in [2.24, 2.45) is 29.1 Å². The van der Waals surface area contributed by atoms with Gasteiger partial charge in [0.25, 0.3) is 0 Å². The third kappa shape index (κ3) is 1.38. The maximum atomic E-state index is 10.2. The van der Waals surface area contributed by atoms with Crippen molar-refractivity contribution in [1.82, 2.24) is 0 Å². The molecule has 4 aliphatic rings. The number of hydrogen-bond acceptors (Lipinski definition) is 2. The van der Waals surface area contributed by atoms with E-state index in [1.165, 1.54) is 19.3 Å². The summed E-state index contributed by atoms with van der Waals surface area (Å²) in [4.78, 5) is 10.2. The van der Waals surface area contributed by atoms with E-state index in [-0.39, 0.29) is 0 Å². The zero-order valence-electron chi connectivity index (χ0n) is 10.2. The molecule has 4 aliphatic carbocycles. The van der Waals surface area contributed by atoms with Gasteiger partial charge in [0.15, 0.2) is 0 Å². The van der Waals surface area contributed by atoms with Crippen molar-refractivity contribution in [2.75, 3.05) is 13.2 Å². The number of hydrogen-bond donors (Lipinski definition) is 0. The van der Waals surface area contributed by atoms with Gasteiger partial charge in [-0.1, -0.05) is 6.92 Å². The van der Waals surface area contributed by atoms with Crippen LogP contribution in [-0.2, 0) is 9.53 Å². The number of ether oxygens (including phenoxy) is 1. The van der Waals surface area contributed by atoms with E-state index in [9.17, 15) is 4.79 Å². The summed E-state index contributed by atoms with van der Waals surface area (Å²) in [7, 11) is 0. The van der Waals surface area contributed by atoms with Crippen LogP contribution in [0.2, 0.25) is 0 Å². The van der Waals surface area contributed by atoms with Crippen LogP contribution in [0.4, 0.5) is 0 Å². The predicted octanol–water partition coefficient (Wildman–Crippen LogP) is 2.66. The first-order valence-corrected chi connectivity index (χ1v) is 6.78. The highest BCUT2D eigenvalue weighted by molar-refractivity contribution is 5.48. The molecule has 0 radical (unpaired) electrons. The summed E-state index contributed by atoms with van der Waals surface area (Å²) in [6.07, 6.45) is 6.95. The van der Waals surface area contributed by atoms with Gasteiger partial charge in [0.05, 0.1) is 0 Å². The Labute approximate surface area is 97.7 Å². The molecule has 90 valence electrons. The highest BCUT2D eigenvalue weighted by atomic mass is 16.5. The van der Waals surface area contributed by atoms with Crippen LogP contribution in [0.3, 0.4) is 0 Å². The first-order chi connectivity index (χ1) is 7.77. The first-order valence-electron chi connectivity index (χ1n) is 6.78. The standard InChI is InChI=1S/C14H22O2/c1-10-12-7-14(10)6-11(13(12)8-14)9-16-5-3-2-4-15/h4,10-13H,2-3,5-9H2,1H3/t10?,11?,12?,13-,14+/m1/s1. The van der Waals surface area contributed by atoms with Gasteiger partial charge >= 0.3 is 0 Å². The number of unbranched alkanes of at least 4 members (excludes halogenated alkanes) is 1. The van der Waals surface area contributed by atoms with Crippen molar-refractivity contribution >= 4 is 6.29 Å². The number of carbonyl (C=O) groups is 1. The summed E-state index contributed by atoms with van der Waals surface area (Å²) < 4.78 is 5.71. The van der Waals surface area contributed by atoms with E-state index in [4.69, 9.17) is 4.74 Å². The van der Waals surface area contributed by atoms with Crippen LogP contribution in [0.15, 0.2) is 0 Å². The monoisotopic (exact) mass is 222 g/mol. The molecule has 0 N–H and O–H groups in total. The van der Waals surface area contributed by atoms with Gasteiger partial charge in [0.2, 0.25) is 0 Å². The Morgan fingerprint density at radius 2 is 2.12 bits per heavy atom. The zero-order valence-corrected chi connectivity index (χ0v) is 10.2. The minimum Gasteiger partial charge on any atom is -0.381 e. The Hall–Kier alpha value is -0.370. The van der Waals surface area contributed by atoms with E-state index in [1.54, 1.807) is 0 Å². The summed E-state index contributed by atoms with van der Waals surface area (Å²) in [6, 6.07) is 0. The highest BCUT2D eigenvalue weighted by Gasteiger charge is 2.68. The van der Waals surface area contributed by atoms with Gasteiger partial charge in [-0.3, -0.25) is 0 Å². The second-order valence-electron chi connectivity index (χ2n) is 6.24. The van der Waals surface area contributed by atoms with Crippen LogP contribution in [0.1, 0.15) is 39.0 Å². The third-order valence-corrected chi connectivity index (χ3v) is 5.66. The molecule has 0 aromatic rings. The molecular formula is C14H22O2. The summed E-state index contributed by atoms with van der Waals surface area (Å²) in [5.41, 5.74) is 0.742. The Kier molecular flexibility index (Phi) is 2.58. The van der Waals surface area contributed by atoms with Crippen molar-refractivity contribution in [3.63, 3.8) is 0 Å². The van der Waals surface area contributed by atoms with Gasteiger partial charge in [0, 0.05) is 19.6 Å². The Bertz CT molecular complexity index is 288. The lowest BCUT2D eigenvalue weighted by molar-refractivity contribution is -0.108. The quantitative estimate of drug-likeness (QED) is 0.510. The van der Waals surface area contributed by atoms with Crippen molar-refractivity contribution in [1.29, 1.82) is 0 Å². The fourth-order valence-electron chi connectivity index (χ4n) is 4.77. The molecule has 0 aliphatic heterocycles. The highest BCUT2D eigenvalue weighted by Crippen LogP contribution is 2.75. The van der Waals surface area contributed by atoms with Crippen LogP contribution < -0.4 is 0 Å². The molecule has 0 heterocycles. The molecule has 3 bridgehead atoms. The smallest absolute Gasteiger partial charge is 0.120 e. The molecule has 4 rings (SSSR count). The summed E-state index contributed by atoms with van der Waals surface area (Å²) >= 11 is 0. The van der Waals surface area contributed by atoms with Crippen LogP contribution in [0.25, 0.3) is 0 Å². The van der Waals surface area contributed by atoms with Gasteiger partial charge in [0.1, 0.15) is 6.29 Å². The second-order valence-corrected chi connectivity index (χ2v) is 6.24. The molecule has 0 aromatic heterocycles. The van der Waals surface area contributed by atoms with Crippen molar-refractivity contribution in [3.8, 4) is 0 Å². The van der Waals surface area contributed by atoms with Crippen molar-refractivity contribution in [3.05, 3.63) is 0 Å². The molecule has 4 saturated carbocycles. The summed E-state index contributed by atoms with van der Waals surface area (Å²) in [5, 5.41) is 0. The minimum atomic E-state index is 0.650. The molecule has 0 amide bonds. The second kappa shape index (κ2) is 3.83. The van der Waals surface area contributed by atoms with E-state index in [0.717, 1.165) is 55.0 Å². The average molecular weight is 222 g/mol. The summed E-state index contributed by atoms with van der Waals surface area (Å²) in [6.45, 7) is 4.18. The van der Waals surface area contributed by atoms with Gasteiger partial charge in [-0.2, -0.15) is 0 Å². The minimum absolute atomic E-state index is 0.650. The molecule has 2 nitrogen and oxygen atoms in total. The predicted molar refractivity (Wildman–Crippen MR) is 62.0 cm³/mol. The maximum absolute atomic E-state index is 10.2. The normalized spacial score (nSPS) is 48.1. The molecule has 5 atom stereocenters. The topological polar surface area (TPSA) is 26.3 Å². The van der Waals surface area contributed by atoms with Gasteiger partial charge in [-0.05, 0) is 54.8 Å². The third-order valence-electron chi connectivity index (χ3n) is 5.66. The molecule has 1 spiro atoms. The van der Waals surface area contributed by atoms with Crippen LogP contribution >= 0.6 is 0 Å². The largest absolute Gasteiger partial charge is 0.381 e. The average Bonchev–Trinajstić information content (AvgIpc) is 2.92. The lowest BCUT2D eigenvalue weighted by Gasteiger charge is -2.52. The van der Waals surface area contributed by atoms with Gasteiger partial charge in [-0.25, -0.2) is 0 Å². The number of aldehydes is 1. The lowest BCUT2D eigenvalue weighted by atomic mass is 9.54. The van der Waals surface area contributed by atoms with Gasteiger partial charge < -0.3 is 9.53 Å². The zero-order chi connectivity index (χ0) is 11.2. The summed E-state index contributed by atoms with van der Waals surface area (Å²) in [5.74, 6) is 3.84. The van der Waals surface area contributed by atoms with Crippen LogP contribution in [0.5, 0.6) is 0 Å². The Balaban J connectivity index is 1.41. The van der Waals surface area contributed by atoms with Crippen LogP contribution in [-0.4, -0.2) is 19.5 Å². The van der Waals surface area contributed by atoms with E-state index in [2.05, 4.69) is 6.92 Å². The van der Waals surface area contributed by atoms with E-state index >= 15 is 0 Å². The lowest BCUT2D eigenvalue weighted by Crippen LogP contribution is -2.45. The Morgan fingerprint density at radius 3 is 2.69 bits per heavy atom. The molecule has 0 aromatic carbocycles. The molecule has 16 heavy (non-hydrogen) atoms. The fraction of sp³-hybridized carbons (Fsp3) is 0.929. The molecule has 2 heteroatoms. The van der Waals surface area contributed by atoms with Gasteiger partial charge in [-0.15, -0.1) is 0 Å². The van der Waals surface area contributed by atoms with E-state index in [1.807, 2.05) is 0 Å². The molecule has 0 saturated heterocycles. The van der Waals surface area contributed by atoms with E-state index < -0.39 is 0 Å². The molecule has 4 fully saturated rings. The van der Waals surface area contributed by atoms with E-state index in [0.29, 0.717) is 6.42 Å². The van der Waals surface area contributed by atoms with Crippen LogP contribution in [0, 0.1) is 29.1 Å². The fourth-order valence-corrected chi connectivity index (χ4v) is 4.77. The number of carbonyl (C=O) groups excluding carboxylic acids is 1. The first kappa shape index (κ1) is 10.8. The van der Waals surface area contributed by atoms with Crippen molar-refractivity contribution in [2.45, 2.75) is 39.0 Å². The Morgan fingerprint density at radius 1 is 1.31 bits per heavy atom. The molecular weight excluding hydrogens is 200 g/mol. The maximum Gasteiger partial charge on any atom is 0.120 e. The number of rotatable bonds is 6. The SMILES string of the molecule is CC1C2C[C@]13CC(COCCCC=O)[C@H]2C3.